The lowest BCUT2D eigenvalue weighted by Gasteiger charge is -2.10. The molecule has 0 aliphatic heterocycles. The van der Waals surface area contributed by atoms with Crippen LogP contribution in [0.4, 0.5) is 0 Å². The monoisotopic (exact) mass is 249 g/mol. The Morgan fingerprint density at radius 1 is 1.50 bits per heavy atom. The molecule has 2 heterocycles. The van der Waals surface area contributed by atoms with Crippen LogP contribution in [0.3, 0.4) is 0 Å². The van der Waals surface area contributed by atoms with Crippen LogP contribution in [0.5, 0.6) is 0 Å². The van der Waals surface area contributed by atoms with Crippen LogP contribution in [0, 0.1) is 13.8 Å². The average molecular weight is 249 g/mol. The Balaban J connectivity index is 2.13. The van der Waals surface area contributed by atoms with Crippen molar-refractivity contribution < 1.29 is 9.32 Å². The van der Waals surface area contributed by atoms with Crippen molar-refractivity contribution in [2.75, 3.05) is 0 Å². The zero-order valence-electron chi connectivity index (χ0n) is 10.8. The van der Waals surface area contributed by atoms with E-state index in [1.807, 2.05) is 0 Å². The second kappa shape index (κ2) is 4.59. The number of hydrogen-bond donors (Lipinski definition) is 1. The quantitative estimate of drug-likeness (QED) is 0.873. The largest absolute Gasteiger partial charge is 0.339 e. The number of carbonyl (C=O) groups is 1. The summed E-state index contributed by atoms with van der Waals surface area (Å²) in [5.41, 5.74) is 1.21. The molecular weight excluding hydrogens is 234 g/mol. The molecule has 2 aromatic heterocycles. The molecule has 7 heteroatoms. The molecule has 96 valence electrons. The highest BCUT2D eigenvalue weighted by Gasteiger charge is 2.20. The number of aromatic nitrogens is 4. The van der Waals surface area contributed by atoms with Gasteiger partial charge in [0.15, 0.2) is 5.82 Å². The fraction of sp³-hybridized carbons (Fsp3) is 0.455. The molecule has 2 rings (SSSR count). The SMILES string of the molecule is Cc1noc([C@H](C)NC(=O)c2c(C)ncn2C)n1. The van der Waals surface area contributed by atoms with Gasteiger partial charge in [-0.2, -0.15) is 4.98 Å². The van der Waals surface area contributed by atoms with E-state index in [-0.39, 0.29) is 11.9 Å². The molecule has 0 fully saturated rings. The van der Waals surface area contributed by atoms with Crippen molar-refractivity contribution >= 4 is 5.91 Å². The average Bonchev–Trinajstić information content (AvgIpc) is 2.85. The van der Waals surface area contributed by atoms with Gasteiger partial charge in [-0.1, -0.05) is 5.16 Å². The first-order chi connectivity index (χ1) is 8.49. The summed E-state index contributed by atoms with van der Waals surface area (Å²) in [6, 6.07) is -0.340. The first kappa shape index (κ1) is 12.3. The van der Waals surface area contributed by atoms with Gasteiger partial charge in [0.25, 0.3) is 5.91 Å². The molecule has 0 bridgehead atoms. The Labute approximate surface area is 104 Å². The Kier molecular flexibility index (Phi) is 3.14. The molecule has 0 saturated heterocycles. The number of amides is 1. The van der Waals surface area contributed by atoms with Crippen LogP contribution in [0.1, 0.15) is 40.9 Å². The lowest BCUT2D eigenvalue weighted by atomic mass is 10.2. The van der Waals surface area contributed by atoms with Crippen LogP contribution in [0.25, 0.3) is 0 Å². The second-order valence-electron chi connectivity index (χ2n) is 4.16. The molecule has 7 nitrogen and oxygen atoms in total. The van der Waals surface area contributed by atoms with Crippen molar-refractivity contribution in [1.29, 1.82) is 0 Å². The lowest BCUT2D eigenvalue weighted by molar-refractivity contribution is 0.0923. The third-order valence-electron chi connectivity index (χ3n) is 2.60. The van der Waals surface area contributed by atoms with Gasteiger partial charge < -0.3 is 14.4 Å². The molecule has 1 N–H and O–H groups in total. The predicted molar refractivity (Wildman–Crippen MR) is 62.9 cm³/mol. The normalized spacial score (nSPS) is 12.4. The van der Waals surface area contributed by atoms with Crippen LogP contribution in [0.2, 0.25) is 0 Å². The maximum atomic E-state index is 12.1. The van der Waals surface area contributed by atoms with Crippen molar-refractivity contribution in [3.63, 3.8) is 0 Å². The summed E-state index contributed by atoms with van der Waals surface area (Å²) >= 11 is 0. The maximum Gasteiger partial charge on any atom is 0.270 e. The van der Waals surface area contributed by atoms with Gasteiger partial charge in [-0.25, -0.2) is 4.98 Å². The van der Waals surface area contributed by atoms with Gasteiger partial charge in [0.2, 0.25) is 5.89 Å². The first-order valence-electron chi connectivity index (χ1n) is 5.58. The highest BCUT2D eigenvalue weighted by Crippen LogP contribution is 2.11. The van der Waals surface area contributed by atoms with E-state index >= 15 is 0 Å². The second-order valence-corrected chi connectivity index (χ2v) is 4.16. The summed E-state index contributed by atoms with van der Waals surface area (Å²) in [5, 5.41) is 6.49. The maximum absolute atomic E-state index is 12.1. The van der Waals surface area contributed by atoms with Crippen molar-refractivity contribution in [2.24, 2.45) is 7.05 Å². The van der Waals surface area contributed by atoms with E-state index in [0.29, 0.717) is 23.1 Å². The number of aryl methyl sites for hydroxylation is 3. The molecule has 0 unspecified atom stereocenters. The standard InChI is InChI=1S/C11H15N5O2/c1-6-9(16(4)5-12-6)10(17)13-7(2)11-14-8(3)15-18-11/h5,7H,1-4H3,(H,13,17)/t7-/m0/s1. The van der Waals surface area contributed by atoms with E-state index in [1.165, 1.54) is 0 Å². The van der Waals surface area contributed by atoms with Gasteiger partial charge in [0.05, 0.1) is 12.0 Å². The smallest absolute Gasteiger partial charge is 0.270 e. The van der Waals surface area contributed by atoms with Crippen molar-refractivity contribution in [3.05, 3.63) is 29.4 Å². The third-order valence-corrected chi connectivity index (χ3v) is 2.60. The highest BCUT2D eigenvalue weighted by atomic mass is 16.5. The van der Waals surface area contributed by atoms with Gasteiger partial charge in [0, 0.05) is 7.05 Å². The van der Waals surface area contributed by atoms with Crippen LogP contribution in [-0.2, 0) is 7.05 Å². The van der Waals surface area contributed by atoms with E-state index < -0.39 is 0 Å². The fourth-order valence-corrected chi connectivity index (χ4v) is 1.69. The highest BCUT2D eigenvalue weighted by molar-refractivity contribution is 5.93. The van der Waals surface area contributed by atoms with Gasteiger partial charge in [-0.05, 0) is 20.8 Å². The minimum Gasteiger partial charge on any atom is -0.339 e. The molecule has 0 aromatic carbocycles. The molecule has 0 radical (unpaired) electrons. The third kappa shape index (κ3) is 2.24. The summed E-state index contributed by atoms with van der Waals surface area (Å²) in [6.45, 7) is 5.31. The van der Waals surface area contributed by atoms with E-state index in [9.17, 15) is 4.79 Å². The summed E-state index contributed by atoms with van der Waals surface area (Å²) in [4.78, 5) is 20.2. The zero-order chi connectivity index (χ0) is 13.3. The van der Waals surface area contributed by atoms with Crippen molar-refractivity contribution in [1.82, 2.24) is 25.0 Å². The van der Waals surface area contributed by atoms with E-state index in [0.717, 1.165) is 0 Å². The minimum atomic E-state index is -0.340. The van der Waals surface area contributed by atoms with Crippen LogP contribution in [-0.4, -0.2) is 25.6 Å². The number of nitrogens with zero attached hydrogens (tertiary/aromatic N) is 4. The summed E-state index contributed by atoms with van der Waals surface area (Å²) in [5.74, 6) is 0.722. The lowest BCUT2D eigenvalue weighted by Crippen LogP contribution is -2.29. The summed E-state index contributed by atoms with van der Waals surface area (Å²) in [6.07, 6.45) is 1.60. The van der Waals surface area contributed by atoms with Crippen LogP contribution >= 0.6 is 0 Å². The van der Waals surface area contributed by atoms with Crippen LogP contribution < -0.4 is 5.32 Å². The Hall–Kier alpha value is -2.18. The van der Waals surface area contributed by atoms with Crippen molar-refractivity contribution in [2.45, 2.75) is 26.8 Å². The van der Waals surface area contributed by atoms with Gasteiger partial charge >= 0.3 is 0 Å². The zero-order valence-corrected chi connectivity index (χ0v) is 10.8. The number of carbonyl (C=O) groups excluding carboxylic acids is 1. The first-order valence-corrected chi connectivity index (χ1v) is 5.58. The molecule has 0 spiro atoms. The number of imidazole rings is 1. The molecule has 0 saturated carbocycles. The molecule has 1 atom stereocenters. The molecule has 1 amide bonds. The minimum absolute atomic E-state index is 0.212. The molecule has 0 aliphatic rings. The molecule has 18 heavy (non-hydrogen) atoms. The topological polar surface area (TPSA) is 85.8 Å². The Bertz CT molecular complexity index is 552. The summed E-state index contributed by atoms with van der Waals surface area (Å²) in [7, 11) is 1.77. The number of hydrogen-bond acceptors (Lipinski definition) is 5. The van der Waals surface area contributed by atoms with Gasteiger partial charge in [0.1, 0.15) is 11.7 Å². The Morgan fingerprint density at radius 3 is 2.72 bits per heavy atom. The van der Waals surface area contributed by atoms with Crippen LogP contribution in [0.15, 0.2) is 10.9 Å². The van der Waals surface area contributed by atoms with E-state index in [1.54, 1.807) is 38.7 Å². The van der Waals surface area contributed by atoms with E-state index in [4.69, 9.17) is 4.52 Å². The van der Waals surface area contributed by atoms with Crippen molar-refractivity contribution in [3.8, 4) is 0 Å². The number of nitrogens with one attached hydrogen (secondary N) is 1. The molecule has 2 aromatic rings. The molecular formula is C11H15N5O2. The predicted octanol–water partition coefficient (Wildman–Crippen LogP) is 0.911. The Morgan fingerprint density at radius 2 is 2.22 bits per heavy atom. The van der Waals surface area contributed by atoms with E-state index in [2.05, 4.69) is 20.4 Å². The molecule has 0 aliphatic carbocycles. The summed E-state index contributed by atoms with van der Waals surface area (Å²) < 4.78 is 6.68. The van der Waals surface area contributed by atoms with Gasteiger partial charge in [-0.15, -0.1) is 0 Å². The number of rotatable bonds is 3. The van der Waals surface area contributed by atoms with Gasteiger partial charge in [-0.3, -0.25) is 4.79 Å². The fourth-order valence-electron chi connectivity index (χ4n) is 1.69.